The molecular formula is C9H16N2S. The minimum absolute atomic E-state index is 0.640. The lowest BCUT2D eigenvalue weighted by Crippen LogP contribution is -2.34. The summed E-state index contributed by atoms with van der Waals surface area (Å²) in [5.74, 6) is 2.73. The topological polar surface area (TPSA) is 15.3 Å². The van der Waals surface area contributed by atoms with Gasteiger partial charge in [-0.1, -0.05) is 6.58 Å². The first-order chi connectivity index (χ1) is 5.85. The van der Waals surface area contributed by atoms with Crippen LogP contribution in [-0.4, -0.2) is 29.6 Å². The zero-order valence-corrected chi connectivity index (χ0v) is 8.20. The normalized spacial score (nSPS) is 36.0. The second kappa shape index (κ2) is 3.30. The number of thioether (sulfide) groups is 1. The van der Waals surface area contributed by atoms with Crippen LogP contribution >= 0.6 is 11.8 Å². The van der Waals surface area contributed by atoms with Crippen LogP contribution in [0.25, 0.3) is 0 Å². The molecule has 0 bridgehead atoms. The van der Waals surface area contributed by atoms with Crippen molar-refractivity contribution in [3.63, 3.8) is 0 Å². The van der Waals surface area contributed by atoms with Gasteiger partial charge >= 0.3 is 0 Å². The lowest BCUT2D eigenvalue weighted by molar-refractivity contribution is 0.238. The Labute approximate surface area is 78.4 Å². The zero-order valence-electron chi connectivity index (χ0n) is 7.38. The van der Waals surface area contributed by atoms with Gasteiger partial charge in [0.15, 0.2) is 0 Å². The third kappa shape index (κ3) is 1.48. The molecule has 3 heteroatoms. The first-order valence-electron chi connectivity index (χ1n) is 4.54. The van der Waals surface area contributed by atoms with E-state index in [0.717, 1.165) is 0 Å². The third-order valence-electron chi connectivity index (χ3n) is 2.90. The van der Waals surface area contributed by atoms with E-state index in [9.17, 15) is 0 Å². The molecule has 0 saturated carbocycles. The second-order valence-corrected chi connectivity index (χ2v) is 4.91. The number of hydrazine groups is 1. The summed E-state index contributed by atoms with van der Waals surface area (Å²) in [5.41, 5.74) is 3.82. The van der Waals surface area contributed by atoms with Crippen LogP contribution in [0.4, 0.5) is 0 Å². The number of rotatable bonds is 2. The Balaban J connectivity index is 1.91. The summed E-state index contributed by atoms with van der Waals surface area (Å²) in [7, 11) is 0. The molecule has 2 aliphatic heterocycles. The van der Waals surface area contributed by atoms with Gasteiger partial charge in [0.05, 0.1) is 0 Å². The maximum absolute atomic E-state index is 3.68. The fourth-order valence-electron chi connectivity index (χ4n) is 2.15. The maximum atomic E-state index is 3.68. The molecule has 0 radical (unpaired) electrons. The monoisotopic (exact) mass is 184 g/mol. The van der Waals surface area contributed by atoms with Gasteiger partial charge in [0, 0.05) is 25.0 Å². The van der Waals surface area contributed by atoms with Crippen LogP contribution in [0.3, 0.4) is 0 Å². The van der Waals surface area contributed by atoms with Gasteiger partial charge in [-0.3, -0.25) is 0 Å². The molecule has 0 aromatic heterocycles. The summed E-state index contributed by atoms with van der Waals surface area (Å²) in [6.07, 6.45) is 4.55. The van der Waals surface area contributed by atoms with Crippen molar-refractivity contribution in [2.24, 2.45) is 5.41 Å². The van der Waals surface area contributed by atoms with E-state index in [0.29, 0.717) is 5.41 Å². The number of nitrogens with one attached hydrogen (secondary N) is 1. The van der Waals surface area contributed by atoms with Gasteiger partial charge < -0.3 is 5.43 Å². The van der Waals surface area contributed by atoms with Crippen molar-refractivity contribution in [3.05, 3.63) is 12.8 Å². The molecule has 12 heavy (non-hydrogen) atoms. The molecule has 0 amide bonds. The minimum atomic E-state index is 0.640. The van der Waals surface area contributed by atoms with Crippen LogP contribution in [-0.2, 0) is 0 Å². The fourth-order valence-corrected chi connectivity index (χ4v) is 3.68. The summed E-state index contributed by atoms with van der Waals surface area (Å²) in [4.78, 5) is 0. The molecule has 2 aliphatic rings. The Morgan fingerprint density at radius 1 is 1.50 bits per heavy atom. The molecule has 2 nitrogen and oxygen atoms in total. The van der Waals surface area contributed by atoms with Gasteiger partial charge in [-0.05, 0) is 24.0 Å². The number of nitrogens with zero attached hydrogens (tertiary/aromatic N) is 1. The van der Waals surface area contributed by atoms with Gasteiger partial charge in [-0.25, -0.2) is 5.01 Å². The van der Waals surface area contributed by atoms with Crippen LogP contribution < -0.4 is 5.43 Å². The molecule has 2 saturated heterocycles. The van der Waals surface area contributed by atoms with E-state index in [-0.39, 0.29) is 0 Å². The standard InChI is InChI=1S/C9H16N2S/c1-2-10-11-5-3-9(7-11)4-6-12-8-9/h2,10H,1,3-8H2. The predicted molar refractivity (Wildman–Crippen MR) is 53.9 cm³/mol. The Kier molecular flexibility index (Phi) is 2.33. The summed E-state index contributed by atoms with van der Waals surface area (Å²) in [6, 6.07) is 0. The average molecular weight is 184 g/mol. The molecule has 0 aliphatic carbocycles. The predicted octanol–water partition coefficient (Wildman–Crippen LogP) is 1.46. The van der Waals surface area contributed by atoms with Crippen molar-refractivity contribution in [1.82, 2.24) is 10.4 Å². The van der Waals surface area contributed by atoms with Gasteiger partial charge in [0.25, 0.3) is 0 Å². The van der Waals surface area contributed by atoms with Gasteiger partial charge in [-0.2, -0.15) is 11.8 Å². The van der Waals surface area contributed by atoms with Gasteiger partial charge in [0.1, 0.15) is 0 Å². The van der Waals surface area contributed by atoms with Crippen LogP contribution in [0.1, 0.15) is 12.8 Å². The van der Waals surface area contributed by atoms with Crippen LogP contribution in [0.2, 0.25) is 0 Å². The number of hydrogen-bond acceptors (Lipinski definition) is 3. The molecule has 1 spiro atoms. The van der Waals surface area contributed by atoms with Crippen LogP contribution in [0.5, 0.6) is 0 Å². The van der Waals surface area contributed by atoms with E-state index in [1.165, 1.54) is 37.4 Å². The fraction of sp³-hybridized carbons (Fsp3) is 0.778. The van der Waals surface area contributed by atoms with Crippen molar-refractivity contribution in [1.29, 1.82) is 0 Å². The van der Waals surface area contributed by atoms with Crippen LogP contribution in [0, 0.1) is 5.41 Å². The van der Waals surface area contributed by atoms with Crippen molar-refractivity contribution in [2.75, 3.05) is 24.6 Å². The summed E-state index contributed by atoms with van der Waals surface area (Å²) in [6.45, 7) is 6.08. The van der Waals surface area contributed by atoms with Crippen molar-refractivity contribution < 1.29 is 0 Å². The molecule has 1 unspecified atom stereocenters. The lowest BCUT2D eigenvalue weighted by atomic mass is 9.87. The highest BCUT2D eigenvalue weighted by atomic mass is 32.2. The van der Waals surface area contributed by atoms with E-state index >= 15 is 0 Å². The smallest absolute Gasteiger partial charge is 0.0243 e. The maximum Gasteiger partial charge on any atom is 0.0243 e. The quantitative estimate of drug-likeness (QED) is 0.699. The zero-order chi connectivity index (χ0) is 8.44. The highest BCUT2D eigenvalue weighted by Crippen LogP contribution is 2.42. The highest BCUT2D eigenvalue weighted by Gasteiger charge is 2.40. The molecule has 1 atom stereocenters. The first kappa shape index (κ1) is 8.45. The summed E-state index contributed by atoms with van der Waals surface area (Å²) in [5, 5.41) is 2.29. The van der Waals surface area contributed by atoms with E-state index in [1.807, 2.05) is 0 Å². The van der Waals surface area contributed by atoms with Crippen LogP contribution in [0.15, 0.2) is 12.8 Å². The highest BCUT2D eigenvalue weighted by molar-refractivity contribution is 7.99. The second-order valence-electron chi connectivity index (χ2n) is 3.81. The SMILES string of the molecule is C=CNN1CCC2(CCSC2)C1. The molecule has 2 heterocycles. The van der Waals surface area contributed by atoms with Crippen molar-refractivity contribution in [2.45, 2.75) is 12.8 Å². The van der Waals surface area contributed by atoms with E-state index in [1.54, 1.807) is 6.20 Å². The Bertz CT molecular complexity index is 175. The Morgan fingerprint density at radius 2 is 2.42 bits per heavy atom. The molecular weight excluding hydrogens is 168 g/mol. The first-order valence-corrected chi connectivity index (χ1v) is 5.70. The minimum Gasteiger partial charge on any atom is -0.327 e. The van der Waals surface area contributed by atoms with Gasteiger partial charge in [0.2, 0.25) is 0 Å². The van der Waals surface area contributed by atoms with Crippen molar-refractivity contribution >= 4 is 11.8 Å². The Morgan fingerprint density at radius 3 is 3.08 bits per heavy atom. The Hall–Kier alpha value is -0.150. The number of hydrogen-bond donors (Lipinski definition) is 1. The molecule has 2 fully saturated rings. The molecule has 1 N–H and O–H groups in total. The van der Waals surface area contributed by atoms with Crippen molar-refractivity contribution in [3.8, 4) is 0 Å². The third-order valence-corrected chi connectivity index (χ3v) is 4.21. The molecule has 2 rings (SSSR count). The molecule has 68 valence electrons. The van der Waals surface area contributed by atoms with E-state index in [4.69, 9.17) is 0 Å². The summed E-state index contributed by atoms with van der Waals surface area (Å²) < 4.78 is 0. The lowest BCUT2D eigenvalue weighted by Gasteiger charge is -2.22. The summed E-state index contributed by atoms with van der Waals surface area (Å²) >= 11 is 2.11. The van der Waals surface area contributed by atoms with Gasteiger partial charge in [-0.15, -0.1) is 0 Å². The molecule has 0 aromatic carbocycles. The average Bonchev–Trinajstić information content (AvgIpc) is 2.65. The molecule has 0 aromatic rings. The van der Waals surface area contributed by atoms with E-state index < -0.39 is 0 Å². The van der Waals surface area contributed by atoms with E-state index in [2.05, 4.69) is 28.8 Å². The largest absolute Gasteiger partial charge is 0.327 e.